The zero-order valence-electron chi connectivity index (χ0n) is 13.4. The molecule has 0 bridgehead atoms. The molecule has 6 heteroatoms. The predicted molar refractivity (Wildman–Crippen MR) is 95.9 cm³/mol. The Balaban J connectivity index is 1.40. The number of pyridine rings is 1. The standard InChI is InChI=1S/C18H21N3O2S/c22-17(14-24-18-8-4-5-10-21(18)23)19-12-15-9-11-20(13-15)16-6-2-1-3-7-16/h1-8,10,15H,9,11-14H2,(H,19,22)/t15-/m0/s1. The quantitative estimate of drug-likeness (QED) is 0.495. The molecule has 3 rings (SSSR count). The molecule has 2 heterocycles. The van der Waals surface area contributed by atoms with E-state index in [1.807, 2.05) is 18.2 Å². The van der Waals surface area contributed by atoms with Crippen molar-refractivity contribution in [3.63, 3.8) is 0 Å². The van der Waals surface area contributed by atoms with Gasteiger partial charge in [-0.05, 0) is 42.3 Å². The summed E-state index contributed by atoms with van der Waals surface area (Å²) in [7, 11) is 0. The van der Waals surface area contributed by atoms with E-state index in [1.54, 1.807) is 18.2 Å². The maximum absolute atomic E-state index is 12.0. The van der Waals surface area contributed by atoms with E-state index in [9.17, 15) is 10.0 Å². The van der Waals surface area contributed by atoms with Crippen molar-refractivity contribution < 1.29 is 9.52 Å². The molecule has 1 amide bonds. The average molecular weight is 343 g/mol. The Morgan fingerprint density at radius 1 is 1.25 bits per heavy atom. The van der Waals surface area contributed by atoms with Gasteiger partial charge in [-0.2, -0.15) is 4.73 Å². The van der Waals surface area contributed by atoms with Crippen molar-refractivity contribution in [2.45, 2.75) is 11.4 Å². The summed E-state index contributed by atoms with van der Waals surface area (Å²) >= 11 is 1.26. The first kappa shape index (κ1) is 16.6. The van der Waals surface area contributed by atoms with Gasteiger partial charge in [0.15, 0.2) is 6.20 Å². The van der Waals surface area contributed by atoms with E-state index < -0.39 is 0 Å². The van der Waals surface area contributed by atoms with Crippen molar-refractivity contribution in [2.75, 3.05) is 30.3 Å². The largest absolute Gasteiger partial charge is 0.618 e. The lowest BCUT2D eigenvalue weighted by Crippen LogP contribution is -2.33. The Morgan fingerprint density at radius 3 is 2.83 bits per heavy atom. The molecule has 0 radical (unpaired) electrons. The fourth-order valence-electron chi connectivity index (χ4n) is 2.85. The van der Waals surface area contributed by atoms with E-state index in [0.29, 0.717) is 17.5 Å². The number of hydrogen-bond acceptors (Lipinski definition) is 4. The van der Waals surface area contributed by atoms with Crippen molar-refractivity contribution >= 4 is 23.4 Å². The van der Waals surface area contributed by atoms with Gasteiger partial charge in [-0.25, -0.2) is 0 Å². The SMILES string of the molecule is O=C(CSc1cccc[n+]1[O-])NC[C@@H]1CCN(c2ccccc2)C1. The third-order valence-corrected chi connectivity index (χ3v) is 5.15. The summed E-state index contributed by atoms with van der Waals surface area (Å²) < 4.78 is 0.784. The molecule has 1 aliphatic heterocycles. The zero-order chi connectivity index (χ0) is 16.8. The van der Waals surface area contributed by atoms with E-state index in [1.165, 1.54) is 23.6 Å². The van der Waals surface area contributed by atoms with Gasteiger partial charge in [0.2, 0.25) is 5.91 Å². The first-order valence-corrected chi connectivity index (χ1v) is 9.08. The van der Waals surface area contributed by atoms with Crippen molar-refractivity contribution in [2.24, 2.45) is 5.92 Å². The maximum atomic E-state index is 12.0. The van der Waals surface area contributed by atoms with E-state index in [0.717, 1.165) is 24.2 Å². The molecular weight excluding hydrogens is 322 g/mol. The lowest BCUT2D eigenvalue weighted by molar-refractivity contribution is -0.645. The molecule has 24 heavy (non-hydrogen) atoms. The third-order valence-electron chi connectivity index (χ3n) is 4.13. The maximum Gasteiger partial charge on any atom is 0.251 e. The minimum Gasteiger partial charge on any atom is -0.618 e. The van der Waals surface area contributed by atoms with Crippen LogP contribution >= 0.6 is 11.8 Å². The zero-order valence-corrected chi connectivity index (χ0v) is 14.2. The molecular formula is C18H21N3O2S. The minimum atomic E-state index is -0.0259. The molecule has 1 fully saturated rings. The molecule has 1 saturated heterocycles. The van der Waals surface area contributed by atoms with Crippen LogP contribution in [0.4, 0.5) is 5.69 Å². The highest BCUT2D eigenvalue weighted by Gasteiger charge is 2.23. The molecule has 1 aromatic heterocycles. The summed E-state index contributed by atoms with van der Waals surface area (Å²) in [5.74, 6) is 0.712. The van der Waals surface area contributed by atoms with Gasteiger partial charge >= 0.3 is 0 Å². The first-order valence-electron chi connectivity index (χ1n) is 8.10. The topological polar surface area (TPSA) is 59.3 Å². The van der Waals surface area contributed by atoms with Gasteiger partial charge in [-0.1, -0.05) is 18.2 Å². The molecule has 0 saturated carbocycles. The molecule has 0 spiro atoms. The number of rotatable bonds is 6. The summed E-state index contributed by atoms with van der Waals surface area (Å²) in [6.07, 6.45) is 2.53. The molecule has 126 valence electrons. The molecule has 1 aromatic carbocycles. The summed E-state index contributed by atoms with van der Waals surface area (Å²) in [6, 6.07) is 15.6. The second-order valence-corrected chi connectivity index (χ2v) is 6.89. The average Bonchev–Trinajstić information content (AvgIpc) is 3.09. The van der Waals surface area contributed by atoms with Gasteiger partial charge in [0.05, 0.1) is 5.75 Å². The van der Waals surface area contributed by atoms with Crippen LogP contribution in [0.2, 0.25) is 0 Å². The molecule has 0 aliphatic carbocycles. The monoisotopic (exact) mass is 343 g/mol. The Kier molecular flexibility index (Phi) is 5.59. The van der Waals surface area contributed by atoms with Gasteiger partial charge < -0.3 is 15.4 Å². The number of benzene rings is 1. The number of nitrogens with one attached hydrogen (secondary N) is 1. The number of thioether (sulfide) groups is 1. The highest BCUT2D eigenvalue weighted by Crippen LogP contribution is 2.23. The van der Waals surface area contributed by atoms with Crippen LogP contribution in [0.15, 0.2) is 59.8 Å². The van der Waals surface area contributed by atoms with Crippen LogP contribution in [0.3, 0.4) is 0 Å². The van der Waals surface area contributed by atoms with Crippen molar-refractivity contribution in [3.05, 3.63) is 59.9 Å². The van der Waals surface area contributed by atoms with Crippen molar-refractivity contribution in [1.29, 1.82) is 0 Å². The Bertz CT molecular complexity index is 681. The molecule has 2 aromatic rings. The van der Waals surface area contributed by atoms with Crippen LogP contribution in [0, 0.1) is 11.1 Å². The minimum absolute atomic E-state index is 0.0259. The molecule has 5 nitrogen and oxygen atoms in total. The van der Waals surface area contributed by atoms with E-state index >= 15 is 0 Å². The summed E-state index contributed by atoms with van der Waals surface area (Å²) in [6.45, 7) is 2.69. The molecule has 1 N–H and O–H groups in total. The Morgan fingerprint density at radius 2 is 2.04 bits per heavy atom. The fourth-order valence-corrected chi connectivity index (χ4v) is 3.59. The second kappa shape index (κ2) is 8.06. The van der Waals surface area contributed by atoms with Crippen LogP contribution in [0.1, 0.15) is 6.42 Å². The van der Waals surface area contributed by atoms with E-state index in [-0.39, 0.29) is 11.7 Å². The number of carbonyl (C=O) groups excluding carboxylic acids is 1. The first-order chi connectivity index (χ1) is 11.7. The van der Waals surface area contributed by atoms with Gasteiger partial charge in [-0.15, -0.1) is 0 Å². The lowest BCUT2D eigenvalue weighted by atomic mass is 10.1. The van der Waals surface area contributed by atoms with E-state index in [4.69, 9.17) is 0 Å². The lowest BCUT2D eigenvalue weighted by Gasteiger charge is -2.18. The van der Waals surface area contributed by atoms with Crippen LogP contribution in [0.25, 0.3) is 0 Å². The van der Waals surface area contributed by atoms with Gasteiger partial charge in [0.25, 0.3) is 5.03 Å². The molecule has 0 unspecified atom stereocenters. The predicted octanol–water partition coefficient (Wildman–Crippen LogP) is 2.05. The van der Waals surface area contributed by atoms with Crippen LogP contribution < -0.4 is 14.9 Å². The number of hydrogen-bond donors (Lipinski definition) is 1. The number of carbonyl (C=O) groups is 1. The number of aromatic nitrogens is 1. The normalized spacial score (nSPS) is 17.0. The molecule has 1 aliphatic rings. The number of para-hydroxylation sites is 1. The molecule has 1 atom stereocenters. The second-order valence-electron chi connectivity index (χ2n) is 5.89. The third kappa shape index (κ3) is 4.41. The smallest absolute Gasteiger partial charge is 0.251 e. The van der Waals surface area contributed by atoms with Crippen LogP contribution in [0.5, 0.6) is 0 Å². The highest BCUT2D eigenvalue weighted by molar-refractivity contribution is 7.99. The van der Waals surface area contributed by atoms with Crippen LogP contribution in [-0.2, 0) is 4.79 Å². The van der Waals surface area contributed by atoms with Crippen LogP contribution in [-0.4, -0.2) is 31.3 Å². The Hall–Kier alpha value is -2.21. The number of anilines is 1. The summed E-state index contributed by atoms with van der Waals surface area (Å²) in [4.78, 5) is 14.3. The Labute approximate surface area is 146 Å². The number of amides is 1. The van der Waals surface area contributed by atoms with Crippen molar-refractivity contribution in [1.82, 2.24) is 5.32 Å². The summed E-state index contributed by atoms with van der Waals surface area (Å²) in [5, 5.41) is 15.1. The van der Waals surface area contributed by atoms with E-state index in [2.05, 4.69) is 22.3 Å². The fraction of sp³-hybridized carbons (Fsp3) is 0.333. The number of nitrogens with zero attached hydrogens (tertiary/aromatic N) is 2. The van der Waals surface area contributed by atoms with Gasteiger partial charge in [-0.3, -0.25) is 4.79 Å². The van der Waals surface area contributed by atoms with Crippen molar-refractivity contribution in [3.8, 4) is 0 Å². The van der Waals surface area contributed by atoms with Gasteiger partial charge in [0.1, 0.15) is 0 Å². The highest BCUT2D eigenvalue weighted by atomic mass is 32.2. The van der Waals surface area contributed by atoms with Gasteiger partial charge in [0, 0.05) is 37.5 Å². The summed E-state index contributed by atoms with van der Waals surface area (Å²) in [5.41, 5.74) is 1.24.